The SMILES string of the molecule is N#Cc1ccc(Nc2ccccc2)c2ccccc12. The van der Waals surface area contributed by atoms with Crippen LogP contribution in [0.4, 0.5) is 11.4 Å². The minimum atomic E-state index is 0.703. The summed E-state index contributed by atoms with van der Waals surface area (Å²) in [5.74, 6) is 0. The van der Waals surface area contributed by atoms with Gasteiger partial charge < -0.3 is 5.32 Å². The number of nitrogens with zero attached hydrogens (tertiary/aromatic N) is 1. The lowest BCUT2D eigenvalue weighted by molar-refractivity contribution is 1.50. The molecule has 3 aromatic carbocycles. The molecule has 0 aliphatic rings. The molecule has 0 aliphatic carbocycles. The first-order valence-electron chi connectivity index (χ1n) is 6.12. The molecule has 19 heavy (non-hydrogen) atoms. The average Bonchev–Trinajstić information content (AvgIpc) is 2.49. The molecule has 0 spiro atoms. The molecule has 0 bridgehead atoms. The van der Waals surface area contributed by atoms with E-state index in [0.717, 1.165) is 22.1 Å². The quantitative estimate of drug-likeness (QED) is 0.722. The lowest BCUT2D eigenvalue weighted by atomic mass is 10.0. The van der Waals surface area contributed by atoms with Crippen LogP contribution in [0.3, 0.4) is 0 Å². The van der Waals surface area contributed by atoms with E-state index in [1.807, 2.05) is 66.7 Å². The van der Waals surface area contributed by atoms with Crippen LogP contribution in [0.25, 0.3) is 10.8 Å². The summed E-state index contributed by atoms with van der Waals surface area (Å²) in [6.07, 6.45) is 0. The molecular weight excluding hydrogens is 232 g/mol. The van der Waals surface area contributed by atoms with Crippen LogP contribution >= 0.6 is 0 Å². The summed E-state index contributed by atoms with van der Waals surface area (Å²) in [5.41, 5.74) is 2.76. The van der Waals surface area contributed by atoms with Crippen LogP contribution in [0.2, 0.25) is 0 Å². The molecule has 2 heteroatoms. The molecule has 0 unspecified atom stereocenters. The first-order valence-corrected chi connectivity index (χ1v) is 6.12. The summed E-state index contributed by atoms with van der Waals surface area (Å²) >= 11 is 0. The van der Waals surface area contributed by atoms with Crippen LogP contribution in [-0.4, -0.2) is 0 Å². The third-order valence-electron chi connectivity index (χ3n) is 3.10. The van der Waals surface area contributed by atoms with E-state index in [0.29, 0.717) is 5.56 Å². The molecule has 0 heterocycles. The van der Waals surface area contributed by atoms with Crippen molar-refractivity contribution in [2.24, 2.45) is 0 Å². The number of nitriles is 1. The fourth-order valence-corrected chi connectivity index (χ4v) is 2.18. The van der Waals surface area contributed by atoms with Crippen LogP contribution in [0.15, 0.2) is 66.7 Å². The zero-order valence-corrected chi connectivity index (χ0v) is 10.3. The molecule has 0 saturated carbocycles. The second kappa shape index (κ2) is 4.83. The van der Waals surface area contributed by atoms with Gasteiger partial charge in [0.25, 0.3) is 0 Å². The minimum Gasteiger partial charge on any atom is -0.355 e. The second-order valence-electron chi connectivity index (χ2n) is 4.31. The van der Waals surface area contributed by atoms with Crippen molar-refractivity contribution >= 4 is 22.1 Å². The fraction of sp³-hybridized carbons (Fsp3) is 0. The van der Waals surface area contributed by atoms with Crippen molar-refractivity contribution in [2.75, 3.05) is 5.32 Å². The summed E-state index contributed by atoms with van der Waals surface area (Å²) in [4.78, 5) is 0. The summed E-state index contributed by atoms with van der Waals surface area (Å²) in [6, 6.07) is 24.0. The van der Waals surface area contributed by atoms with Gasteiger partial charge in [0.05, 0.1) is 11.6 Å². The number of benzene rings is 3. The van der Waals surface area contributed by atoms with Crippen molar-refractivity contribution in [1.82, 2.24) is 0 Å². The first kappa shape index (κ1) is 11.3. The van der Waals surface area contributed by atoms with Crippen molar-refractivity contribution in [3.63, 3.8) is 0 Å². The fourth-order valence-electron chi connectivity index (χ4n) is 2.18. The Hall–Kier alpha value is -2.79. The van der Waals surface area contributed by atoms with Crippen LogP contribution in [0.1, 0.15) is 5.56 Å². The molecule has 0 fully saturated rings. The summed E-state index contributed by atoms with van der Waals surface area (Å²) in [6.45, 7) is 0. The maximum Gasteiger partial charge on any atom is 0.0998 e. The van der Waals surface area contributed by atoms with E-state index >= 15 is 0 Å². The Morgan fingerprint density at radius 2 is 1.42 bits per heavy atom. The van der Waals surface area contributed by atoms with E-state index in [1.54, 1.807) is 0 Å². The highest BCUT2D eigenvalue weighted by atomic mass is 14.9. The van der Waals surface area contributed by atoms with E-state index in [1.165, 1.54) is 0 Å². The third-order valence-corrected chi connectivity index (χ3v) is 3.10. The van der Waals surface area contributed by atoms with Gasteiger partial charge in [-0.3, -0.25) is 0 Å². The molecule has 3 rings (SSSR count). The van der Waals surface area contributed by atoms with E-state index in [9.17, 15) is 0 Å². The predicted molar refractivity (Wildman–Crippen MR) is 78.4 cm³/mol. The van der Waals surface area contributed by atoms with Crippen LogP contribution in [0.5, 0.6) is 0 Å². The van der Waals surface area contributed by atoms with Gasteiger partial charge in [0.2, 0.25) is 0 Å². The number of nitrogens with one attached hydrogen (secondary N) is 1. The Morgan fingerprint density at radius 3 is 2.16 bits per heavy atom. The summed E-state index contributed by atoms with van der Waals surface area (Å²) < 4.78 is 0. The van der Waals surface area contributed by atoms with Crippen LogP contribution in [0, 0.1) is 11.3 Å². The molecule has 0 atom stereocenters. The van der Waals surface area contributed by atoms with Gasteiger partial charge in [0.15, 0.2) is 0 Å². The number of anilines is 2. The molecule has 0 aromatic heterocycles. The minimum absolute atomic E-state index is 0.703. The third kappa shape index (κ3) is 2.14. The van der Waals surface area contributed by atoms with Gasteiger partial charge in [-0.15, -0.1) is 0 Å². The molecule has 2 nitrogen and oxygen atoms in total. The predicted octanol–water partition coefficient (Wildman–Crippen LogP) is 4.46. The normalized spacial score (nSPS) is 10.1. The Morgan fingerprint density at radius 1 is 0.737 bits per heavy atom. The molecule has 3 aromatic rings. The largest absolute Gasteiger partial charge is 0.355 e. The molecule has 0 amide bonds. The molecule has 1 N–H and O–H groups in total. The maximum atomic E-state index is 9.15. The van der Waals surface area contributed by atoms with Gasteiger partial charge in [0.1, 0.15) is 0 Å². The monoisotopic (exact) mass is 244 g/mol. The van der Waals surface area contributed by atoms with E-state index in [-0.39, 0.29) is 0 Å². The highest BCUT2D eigenvalue weighted by molar-refractivity contribution is 5.98. The maximum absolute atomic E-state index is 9.15. The van der Waals surface area contributed by atoms with E-state index in [4.69, 9.17) is 5.26 Å². The van der Waals surface area contributed by atoms with Crippen molar-refractivity contribution in [2.45, 2.75) is 0 Å². The number of hydrogen-bond acceptors (Lipinski definition) is 2. The van der Waals surface area contributed by atoms with Gasteiger partial charge >= 0.3 is 0 Å². The van der Waals surface area contributed by atoms with E-state index in [2.05, 4.69) is 11.4 Å². The van der Waals surface area contributed by atoms with Gasteiger partial charge in [-0.2, -0.15) is 5.26 Å². The molecular formula is C17H12N2. The van der Waals surface area contributed by atoms with Crippen LogP contribution in [-0.2, 0) is 0 Å². The smallest absolute Gasteiger partial charge is 0.0998 e. The number of fused-ring (bicyclic) bond motifs is 1. The highest BCUT2D eigenvalue weighted by Crippen LogP contribution is 2.28. The Balaban J connectivity index is 2.13. The Bertz CT molecular complexity index is 755. The number of para-hydroxylation sites is 1. The molecule has 0 aliphatic heterocycles. The van der Waals surface area contributed by atoms with Gasteiger partial charge in [-0.1, -0.05) is 42.5 Å². The number of rotatable bonds is 2. The van der Waals surface area contributed by atoms with Crippen molar-refractivity contribution in [3.05, 3.63) is 72.3 Å². The standard InChI is InChI=1S/C17H12N2/c18-12-13-10-11-17(16-9-5-4-8-15(13)16)19-14-6-2-1-3-7-14/h1-11,19H. The zero-order valence-electron chi connectivity index (χ0n) is 10.3. The lowest BCUT2D eigenvalue weighted by Crippen LogP contribution is -1.92. The first-order chi connectivity index (χ1) is 9.38. The van der Waals surface area contributed by atoms with E-state index < -0.39 is 0 Å². The van der Waals surface area contributed by atoms with Crippen LogP contribution < -0.4 is 5.32 Å². The van der Waals surface area contributed by atoms with Crippen molar-refractivity contribution in [3.8, 4) is 6.07 Å². The Labute approximate surface area is 111 Å². The molecule has 0 radical (unpaired) electrons. The van der Waals surface area contributed by atoms with Crippen molar-refractivity contribution in [1.29, 1.82) is 5.26 Å². The van der Waals surface area contributed by atoms with Crippen molar-refractivity contribution < 1.29 is 0 Å². The van der Waals surface area contributed by atoms with Gasteiger partial charge in [-0.25, -0.2) is 0 Å². The molecule has 90 valence electrons. The van der Waals surface area contributed by atoms with Gasteiger partial charge in [0, 0.05) is 22.1 Å². The Kier molecular flexibility index (Phi) is 2.88. The highest BCUT2D eigenvalue weighted by Gasteiger charge is 2.05. The zero-order chi connectivity index (χ0) is 13.1. The molecule has 0 saturated heterocycles. The summed E-state index contributed by atoms with van der Waals surface area (Å²) in [5, 5.41) is 14.6. The average molecular weight is 244 g/mol. The number of hydrogen-bond donors (Lipinski definition) is 1. The van der Waals surface area contributed by atoms with Gasteiger partial charge in [-0.05, 0) is 24.3 Å². The summed E-state index contributed by atoms with van der Waals surface area (Å²) in [7, 11) is 0. The second-order valence-corrected chi connectivity index (χ2v) is 4.31. The topological polar surface area (TPSA) is 35.8 Å². The lowest BCUT2D eigenvalue weighted by Gasteiger charge is -2.10.